The lowest BCUT2D eigenvalue weighted by atomic mass is 9.80. The zero-order chi connectivity index (χ0) is 53.6. The Morgan fingerprint density at radius 1 is 0.776 bits per heavy atom. The highest BCUT2D eigenvalue weighted by Gasteiger charge is 2.46. The molecule has 4 atom stereocenters. The fraction of sp³-hybridized carbons (Fsp3) is 0.321. The number of rotatable bonds is 23. The topological polar surface area (TPSA) is 207 Å². The van der Waals surface area contributed by atoms with E-state index >= 15 is 0 Å². The number of fused-ring (bicyclic) bond motifs is 2. The number of carbonyl (C=O) groups is 2. The lowest BCUT2D eigenvalue weighted by molar-refractivity contribution is -0.0912. The van der Waals surface area contributed by atoms with Gasteiger partial charge in [-0.3, -0.25) is 14.2 Å². The molecule has 18 nitrogen and oxygen atoms in total. The third-order valence-corrected chi connectivity index (χ3v) is 16.9. The van der Waals surface area contributed by atoms with Crippen molar-refractivity contribution in [2.24, 2.45) is 0 Å². The molecule has 394 valence electrons. The number of imidazole rings is 1. The first-order chi connectivity index (χ1) is 36.8. The van der Waals surface area contributed by atoms with Crippen molar-refractivity contribution >= 4 is 47.3 Å². The van der Waals surface area contributed by atoms with Crippen LogP contribution in [-0.2, 0) is 34.0 Å². The van der Waals surface area contributed by atoms with Crippen LogP contribution in [0.5, 0.6) is 17.4 Å². The summed E-state index contributed by atoms with van der Waals surface area (Å²) in [5, 5.41) is 9.57. The van der Waals surface area contributed by atoms with E-state index in [1.807, 2.05) is 78.9 Å². The first kappa shape index (κ1) is 53.7. The highest BCUT2D eigenvalue weighted by Crippen LogP contribution is 2.51. The van der Waals surface area contributed by atoms with Gasteiger partial charge in [0.25, 0.3) is 20.3 Å². The fourth-order valence-electron chi connectivity index (χ4n) is 9.48. The standard InChI is InChI=1S/C56H58N7O11PS/c1-37(2)63(38(3)4)75(72-31-15-30-57)74-47-34-49(73-48(47)35-71-56(39-16-9-7-10-17-39,40-22-26-42(68-5)27-23-40)41-24-28-43(69-6)29-25-41)61-36-58-50-51(61)59-55(62-53(64)45-20-13-14-21-46(45)54(62)65)60-52(50)70-32-33-76(66,67)44-18-11-8-12-19-44/h7-14,16-29,36-38,47-49H,15,31-35H2,1-6H3/t47-,48+,49+,75?/m0/s1. The summed E-state index contributed by atoms with van der Waals surface area (Å²) in [6.07, 6.45) is -0.601. The van der Waals surface area contributed by atoms with Crippen LogP contribution in [0.25, 0.3) is 11.2 Å². The number of benzene rings is 5. The SMILES string of the molecule is COc1ccc(C(OC[C@H]2O[C@@H](n3cnc4c(OCCS(=O)(=O)c5ccccc5)nc(N5C(=O)c6ccccc6C5=O)nc43)C[C@@H]2OP(OCCC#N)N(C(C)C)C(C)C)(c2ccccc2)c2ccc(OC)cc2)cc1. The number of ether oxygens (including phenoxy) is 5. The van der Waals surface area contributed by atoms with Crippen molar-refractivity contribution in [2.75, 3.05) is 44.7 Å². The zero-order valence-electron chi connectivity index (χ0n) is 42.9. The minimum atomic E-state index is -3.79. The first-order valence-electron chi connectivity index (χ1n) is 24.8. The van der Waals surface area contributed by atoms with Crippen LogP contribution < -0.4 is 19.1 Å². The number of imide groups is 1. The van der Waals surface area contributed by atoms with Crippen molar-refractivity contribution in [1.82, 2.24) is 24.2 Å². The summed E-state index contributed by atoms with van der Waals surface area (Å²) in [5.41, 5.74) is 1.77. The normalized spacial score (nSPS) is 17.2. The highest BCUT2D eigenvalue weighted by molar-refractivity contribution is 7.91. The van der Waals surface area contributed by atoms with Gasteiger partial charge in [-0.05, 0) is 92.9 Å². The van der Waals surface area contributed by atoms with Crippen LogP contribution >= 0.6 is 8.53 Å². The average Bonchev–Trinajstić information content (AvgIpc) is 4.12. The highest BCUT2D eigenvalue weighted by atomic mass is 32.2. The van der Waals surface area contributed by atoms with E-state index in [0.29, 0.717) is 11.5 Å². The molecular formula is C56H58N7O11PS. The van der Waals surface area contributed by atoms with E-state index in [1.165, 1.54) is 18.5 Å². The number of anilines is 1. The number of aromatic nitrogens is 4. The van der Waals surface area contributed by atoms with Crippen LogP contribution in [0.1, 0.15) is 84.2 Å². The Morgan fingerprint density at radius 2 is 1.34 bits per heavy atom. The van der Waals surface area contributed by atoms with Gasteiger partial charge >= 0.3 is 0 Å². The molecule has 0 spiro atoms. The Bertz CT molecular complexity index is 3220. The van der Waals surface area contributed by atoms with Gasteiger partial charge in [0.2, 0.25) is 11.8 Å². The number of nitrogens with zero attached hydrogens (tertiary/aromatic N) is 7. The van der Waals surface area contributed by atoms with Gasteiger partial charge in [0.15, 0.2) is 21.0 Å². The van der Waals surface area contributed by atoms with E-state index < -0.39 is 60.0 Å². The van der Waals surface area contributed by atoms with Gasteiger partial charge in [0.1, 0.15) is 36.0 Å². The Hall–Kier alpha value is -7.14. The monoisotopic (exact) mass is 1070 g/mol. The Balaban J connectivity index is 1.14. The molecule has 5 aromatic carbocycles. The van der Waals surface area contributed by atoms with Crippen LogP contribution in [0.3, 0.4) is 0 Å². The van der Waals surface area contributed by atoms with E-state index in [-0.39, 0.29) is 83.8 Å². The molecule has 0 saturated carbocycles. The molecule has 1 fully saturated rings. The molecule has 2 aliphatic heterocycles. The maximum Gasteiger partial charge on any atom is 0.268 e. The second-order valence-corrected chi connectivity index (χ2v) is 22.0. The molecule has 0 radical (unpaired) electrons. The minimum absolute atomic E-state index is 0.0205. The van der Waals surface area contributed by atoms with Crippen LogP contribution in [0.2, 0.25) is 0 Å². The number of hydrogen-bond acceptors (Lipinski definition) is 16. The van der Waals surface area contributed by atoms with E-state index in [1.54, 1.807) is 61.3 Å². The van der Waals surface area contributed by atoms with Crippen molar-refractivity contribution < 1.29 is 50.7 Å². The van der Waals surface area contributed by atoms with Crippen molar-refractivity contribution in [2.45, 2.75) is 81.6 Å². The summed E-state index contributed by atoms with van der Waals surface area (Å²) in [7, 11) is -2.38. The fourth-order valence-corrected chi connectivity index (χ4v) is 12.3. The van der Waals surface area contributed by atoms with Gasteiger partial charge in [0, 0.05) is 18.5 Å². The maximum atomic E-state index is 14.0. The molecule has 7 aromatic rings. The molecule has 0 N–H and O–H groups in total. The number of sulfone groups is 1. The van der Waals surface area contributed by atoms with Crippen molar-refractivity contribution in [3.05, 3.63) is 168 Å². The first-order valence-corrected chi connectivity index (χ1v) is 27.6. The average molecular weight is 1070 g/mol. The zero-order valence-corrected chi connectivity index (χ0v) is 44.6. The molecule has 1 saturated heterocycles. The van der Waals surface area contributed by atoms with Crippen LogP contribution in [0, 0.1) is 11.3 Å². The molecule has 2 aliphatic rings. The van der Waals surface area contributed by atoms with Crippen LogP contribution in [-0.4, -0.2) is 109 Å². The summed E-state index contributed by atoms with van der Waals surface area (Å²) in [4.78, 5) is 43.0. The van der Waals surface area contributed by atoms with Gasteiger partial charge in [-0.25, -0.2) is 23.0 Å². The van der Waals surface area contributed by atoms with Gasteiger partial charge in [-0.2, -0.15) is 15.2 Å². The molecule has 20 heteroatoms. The van der Waals surface area contributed by atoms with Crippen LogP contribution in [0.4, 0.5) is 5.95 Å². The Morgan fingerprint density at radius 3 is 1.91 bits per heavy atom. The number of methoxy groups -OCH3 is 2. The third-order valence-electron chi connectivity index (χ3n) is 13.1. The summed E-state index contributed by atoms with van der Waals surface area (Å²) >= 11 is 0. The maximum absolute atomic E-state index is 14.0. The molecule has 9 rings (SSSR count). The van der Waals surface area contributed by atoms with E-state index in [9.17, 15) is 23.3 Å². The van der Waals surface area contributed by atoms with Crippen LogP contribution in [0.15, 0.2) is 145 Å². The lowest BCUT2D eigenvalue weighted by Crippen LogP contribution is -2.39. The molecule has 1 unspecified atom stereocenters. The van der Waals surface area contributed by atoms with Crippen molar-refractivity contribution in [3.63, 3.8) is 0 Å². The number of carbonyl (C=O) groups excluding carboxylic acids is 2. The quantitative estimate of drug-likeness (QED) is 0.0253. The molecule has 0 aliphatic carbocycles. The molecule has 2 amide bonds. The summed E-state index contributed by atoms with van der Waals surface area (Å²) in [5.74, 6) is -0.855. The summed E-state index contributed by atoms with van der Waals surface area (Å²) < 4.78 is 76.0. The number of amides is 2. The molecule has 0 bridgehead atoms. The van der Waals surface area contributed by atoms with E-state index in [4.69, 9.17) is 42.7 Å². The lowest BCUT2D eigenvalue weighted by Gasteiger charge is -2.39. The minimum Gasteiger partial charge on any atom is -0.497 e. The van der Waals surface area contributed by atoms with Gasteiger partial charge in [-0.1, -0.05) is 84.9 Å². The number of hydrogen-bond donors (Lipinski definition) is 0. The van der Waals surface area contributed by atoms with E-state index in [2.05, 4.69) is 43.4 Å². The largest absolute Gasteiger partial charge is 0.497 e. The number of nitriles is 1. The summed E-state index contributed by atoms with van der Waals surface area (Å²) in [6.45, 7) is 7.94. The Kier molecular flexibility index (Phi) is 16.5. The summed E-state index contributed by atoms with van der Waals surface area (Å²) in [6, 6.07) is 41.8. The molecule has 2 aromatic heterocycles. The third kappa shape index (κ3) is 10.9. The Labute approximate surface area is 443 Å². The predicted molar refractivity (Wildman–Crippen MR) is 284 cm³/mol. The molecular weight excluding hydrogens is 1010 g/mol. The predicted octanol–water partition coefficient (Wildman–Crippen LogP) is 9.45. The smallest absolute Gasteiger partial charge is 0.268 e. The van der Waals surface area contributed by atoms with E-state index in [0.717, 1.165) is 21.6 Å². The van der Waals surface area contributed by atoms with Gasteiger partial charge in [-0.15, -0.1) is 0 Å². The van der Waals surface area contributed by atoms with Gasteiger partial charge < -0.3 is 32.7 Å². The van der Waals surface area contributed by atoms with Crippen molar-refractivity contribution in [1.29, 1.82) is 5.26 Å². The second-order valence-electron chi connectivity index (χ2n) is 18.5. The van der Waals surface area contributed by atoms with Gasteiger partial charge in [0.05, 0.1) is 74.1 Å². The van der Waals surface area contributed by atoms with Crippen molar-refractivity contribution in [3.8, 4) is 23.4 Å². The second kappa shape index (κ2) is 23.4. The molecule has 76 heavy (non-hydrogen) atoms. The molecule has 4 heterocycles.